The number of halogens is 1. The van der Waals surface area contributed by atoms with E-state index in [2.05, 4.69) is 15.6 Å². The van der Waals surface area contributed by atoms with Crippen LogP contribution < -0.4 is 10.6 Å². The van der Waals surface area contributed by atoms with Crippen LogP contribution in [0, 0.1) is 5.82 Å². The van der Waals surface area contributed by atoms with Crippen molar-refractivity contribution in [1.29, 1.82) is 0 Å². The summed E-state index contributed by atoms with van der Waals surface area (Å²) in [6.45, 7) is 1.64. The van der Waals surface area contributed by atoms with Crippen LogP contribution in [-0.4, -0.2) is 30.0 Å². The fourth-order valence-corrected chi connectivity index (χ4v) is 1.60. The number of nitrogens with zero attached hydrogens (tertiary/aromatic N) is 1. The highest BCUT2D eigenvalue weighted by Crippen LogP contribution is 2.06. The van der Waals surface area contributed by atoms with Gasteiger partial charge in [0.1, 0.15) is 0 Å². The van der Waals surface area contributed by atoms with Crippen molar-refractivity contribution in [2.24, 2.45) is 0 Å². The third kappa shape index (κ3) is 2.30. The third-order valence-electron chi connectivity index (χ3n) is 2.41. The van der Waals surface area contributed by atoms with E-state index in [0.717, 1.165) is 25.7 Å². The predicted octanol–water partition coefficient (Wildman–Crippen LogP) is 0.312. The summed E-state index contributed by atoms with van der Waals surface area (Å²) in [6, 6.07) is 1.48. The fourth-order valence-electron chi connectivity index (χ4n) is 1.60. The summed E-state index contributed by atoms with van der Waals surface area (Å²) in [5.41, 5.74) is 0.0527. The lowest BCUT2D eigenvalue weighted by molar-refractivity contribution is 0.0936. The Hall–Kier alpha value is -1.49. The van der Waals surface area contributed by atoms with Crippen molar-refractivity contribution >= 4 is 5.91 Å². The van der Waals surface area contributed by atoms with E-state index in [0.29, 0.717) is 0 Å². The maximum atomic E-state index is 13.2. The van der Waals surface area contributed by atoms with Gasteiger partial charge in [0.2, 0.25) is 0 Å². The maximum absolute atomic E-state index is 13.2. The van der Waals surface area contributed by atoms with Gasteiger partial charge in [0.25, 0.3) is 5.91 Å². The number of carbonyl (C=O) groups is 1. The van der Waals surface area contributed by atoms with Crippen LogP contribution in [-0.2, 0) is 0 Å². The normalized spacial score (nSPS) is 20.2. The van der Waals surface area contributed by atoms with E-state index < -0.39 is 5.82 Å². The molecule has 0 saturated carbocycles. The average Bonchev–Trinajstić information content (AvgIpc) is 2.71. The van der Waals surface area contributed by atoms with E-state index in [9.17, 15) is 9.18 Å². The Morgan fingerprint density at radius 3 is 3.20 bits per heavy atom. The highest BCUT2D eigenvalue weighted by atomic mass is 19.1. The van der Waals surface area contributed by atoms with Crippen LogP contribution in [0.15, 0.2) is 18.5 Å². The number of rotatable bonds is 2. The lowest BCUT2D eigenvalue weighted by Crippen LogP contribution is -2.36. The molecule has 2 heterocycles. The standard InChI is InChI=1S/C10H12FN3O/c11-9-6-13-4-2-8(9)10(15)14-7-1-3-12-5-7/h2,4,6-7,12H,1,3,5H2,(H,14,15)/t7-/m1/s1. The summed E-state index contributed by atoms with van der Waals surface area (Å²) >= 11 is 0. The van der Waals surface area contributed by atoms with Gasteiger partial charge in [-0.3, -0.25) is 9.78 Å². The molecule has 1 fully saturated rings. The van der Waals surface area contributed by atoms with Crippen LogP contribution in [0.25, 0.3) is 0 Å². The summed E-state index contributed by atoms with van der Waals surface area (Å²) in [5, 5.41) is 5.89. The van der Waals surface area contributed by atoms with Crippen LogP contribution in [0.2, 0.25) is 0 Å². The van der Waals surface area contributed by atoms with Gasteiger partial charge in [-0.15, -0.1) is 0 Å². The minimum Gasteiger partial charge on any atom is -0.348 e. The number of hydrogen-bond acceptors (Lipinski definition) is 3. The molecular formula is C10H12FN3O. The van der Waals surface area contributed by atoms with Crippen LogP contribution >= 0.6 is 0 Å². The number of hydrogen-bond donors (Lipinski definition) is 2. The molecule has 1 amide bonds. The summed E-state index contributed by atoms with van der Waals surface area (Å²) in [6.07, 6.45) is 3.34. The molecule has 0 aromatic carbocycles. The SMILES string of the molecule is O=C(N[C@@H]1CCNC1)c1ccncc1F. The molecule has 2 N–H and O–H groups in total. The zero-order chi connectivity index (χ0) is 10.7. The fraction of sp³-hybridized carbons (Fsp3) is 0.400. The van der Waals surface area contributed by atoms with Crippen LogP contribution in [0.5, 0.6) is 0 Å². The number of aromatic nitrogens is 1. The molecule has 1 saturated heterocycles. The Morgan fingerprint density at radius 1 is 1.67 bits per heavy atom. The summed E-state index contributed by atoms with van der Waals surface area (Å²) < 4.78 is 13.2. The molecule has 80 valence electrons. The quantitative estimate of drug-likeness (QED) is 0.737. The van der Waals surface area contributed by atoms with Crippen molar-refractivity contribution in [3.63, 3.8) is 0 Å². The molecule has 0 bridgehead atoms. The summed E-state index contributed by atoms with van der Waals surface area (Å²) in [5.74, 6) is -0.954. The van der Waals surface area contributed by atoms with Crippen molar-refractivity contribution in [2.75, 3.05) is 13.1 Å². The molecule has 0 aliphatic carbocycles. The zero-order valence-electron chi connectivity index (χ0n) is 8.16. The van der Waals surface area contributed by atoms with E-state index in [1.165, 1.54) is 12.3 Å². The first-order chi connectivity index (χ1) is 7.27. The van der Waals surface area contributed by atoms with E-state index in [-0.39, 0.29) is 17.5 Å². The number of amides is 1. The Balaban J connectivity index is 2.04. The molecule has 4 nitrogen and oxygen atoms in total. The molecule has 0 unspecified atom stereocenters. The number of nitrogens with one attached hydrogen (secondary N) is 2. The smallest absolute Gasteiger partial charge is 0.254 e. The minimum atomic E-state index is -0.582. The van der Waals surface area contributed by atoms with E-state index in [1.54, 1.807) is 0 Å². The van der Waals surface area contributed by atoms with E-state index in [4.69, 9.17) is 0 Å². The molecule has 2 rings (SSSR count). The summed E-state index contributed by atoms with van der Waals surface area (Å²) in [7, 11) is 0. The predicted molar refractivity (Wildman–Crippen MR) is 52.9 cm³/mol. The maximum Gasteiger partial charge on any atom is 0.254 e. The van der Waals surface area contributed by atoms with Crippen LogP contribution in [0.4, 0.5) is 4.39 Å². The largest absolute Gasteiger partial charge is 0.348 e. The van der Waals surface area contributed by atoms with E-state index in [1.807, 2.05) is 0 Å². The molecular weight excluding hydrogens is 197 g/mol. The van der Waals surface area contributed by atoms with Crippen LogP contribution in [0.1, 0.15) is 16.8 Å². The van der Waals surface area contributed by atoms with Gasteiger partial charge in [0, 0.05) is 18.8 Å². The Morgan fingerprint density at radius 2 is 2.53 bits per heavy atom. The van der Waals surface area contributed by atoms with Gasteiger partial charge in [0.05, 0.1) is 11.8 Å². The minimum absolute atomic E-state index is 0.0527. The lowest BCUT2D eigenvalue weighted by atomic mass is 10.2. The van der Waals surface area contributed by atoms with Crippen molar-refractivity contribution in [1.82, 2.24) is 15.6 Å². The van der Waals surface area contributed by atoms with E-state index >= 15 is 0 Å². The molecule has 5 heteroatoms. The van der Waals surface area contributed by atoms with Crippen molar-refractivity contribution in [3.05, 3.63) is 29.8 Å². The Labute approximate surface area is 86.9 Å². The highest BCUT2D eigenvalue weighted by Gasteiger charge is 2.19. The lowest BCUT2D eigenvalue weighted by Gasteiger charge is -2.11. The number of carbonyl (C=O) groups excluding carboxylic acids is 1. The molecule has 1 aromatic heterocycles. The van der Waals surface area contributed by atoms with Crippen molar-refractivity contribution in [2.45, 2.75) is 12.5 Å². The molecule has 1 atom stereocenters. The highest BCUT2D eigenvalue weighted by molar-refractivity contribution is 5.94. The van der Waals surface area contributed by atoms with Crippen LogP contribution in [0.3, 0.4) is 0 Å². The van der Waals surface area contributed by atoms with Gasteiger partial charge in [-0.2, -0.15) is 0 Å². The second-order valence-corrected chi connectivity index (χ2v) is 3.52. The first-order valence-corrected chi connectivity index (χ1v) is 4.88. The van der Waals surface area contributed by atoms with Gasteiger partial charge in [-0.1, -0.05) is 0 Å². The Kier molecular flexibility index (Phi) is 2.91. The zero-order valence-corrected chi connectivity index (χ0v) is 8.16. The molecule has 1 aliphatic heterocycles. The van der Waals surface area contributed by atoms with Crippen molar-refractivity contribution in [3.8, 4) is 0 Å². The van der Waals surface area contributed by atoms with Gasteiger partial charge >= 0.3 is 0 Å². The molecule has 1 aliphatic rings. The number of pyridine rings is 1. The molecule has 15 heavy (non-hydrogen) atoms. The third-order valence-corrected chi connectivity index (χ3v) is 2.41. The van der Waals surface area contributed by atoms with Crippen molar-refractivity contribution < 1.29 is 9.18 Å². The Bertz CT molecular complexity index is 363. The first-order valence-electron chi connectivity index (χ1n) is 4.88. The topological polar surface area (TPSA) is 54.0 Å². The van der Waals surface area contributed by atoms with Gasteiger partial charge in [-0.05, 0) is 19.0 Å². The second kappa shape index (κ2) is 4.35. The molecule has 1 aromatic rings. The van der Waals surface area contributed by atoms with Gasteiger partial charge in [-0.25, -0.2) is 4.39 Å². The molecule has 0 radical (unpaired) electrons. The summed E-state index contributed by atoms with van der Waals surface area (Å²) in [4.78, 5) is 15.2. The monoisotopic (exact) mass is 209 g/mol. The average molecular weight is 209 g/mol. The van der Waals surface area contributed by atoms with Gasteiger partial charge in [0.15, 0.2) is 5.82 Å². The first kappa shape index (κ1) is 10.0. The molecule has 0 spiro atoms. The second-order valence-electron chi connectivity index (χ2n) is 3.52. The van der Waals surface area contributed by atoms with Gasteiger partial charge < -0.3 is 10.6 Å².